The number of carbonyl (C=O) groups is 2. The van der Waals surface area contributed by atoms with Gasteiger partial charge in [0, 0.05) is 61.0 Å². The Labute approximate surface area is 293 Å². The number of fused-ring (bicyclic) bond motifs is 1. The number of nitrogens with two attached hydrogens (primary N) is 2. The number of benzene rings is 1. The van der Waals surface area contributed by atoms with Crippen molar-refractivity contribution in [3.63, 3.8) is 0 Å². The zero-order valence-electron chi connectivity index (χ0n) is 29.6. The van der Waals surface area contributed by atoms with Crippen molar-refractivity contribution in [2.24, 2.45) is 11.8 Å². The molecule has 4 N–H and O–H groups in total. The van der Waals surface area contributed by atoms with Gasteiger partial charge in [-0.25, -0.2) is 19.6 Å². The average Bonchev–Trinajstić information content (AvgIpc) is 3.35. The first-order valence-corrected chi connectivity index (χ1v) is 17.3. The summed E-state index contributed by atoms with van der Waals surface area (Å²) in [5, 5.41) is 0. The molecule has 12 nitrogen and oxygen atoms in total. The van der Waals surface area contributed by atoms with E-state index in [1.165, 1.54) is 19.8 Å². The van der Waals surface area contributed by atoms with Crippen LogP contribution in [0.2, 0.25) is 0 Å². The van der Waals surface area contributed by atoms with Gasteiger partial charge in [-0.3, -0.25) is 4.90 Å². The molecule has 3 aliphatic heterocycles. The number of likely N-dealkylation sites (tertiary alicyclic amines) is 1. The van der Waals surface area contributed by atoms with E-state index in [9.17, 15) is 9.59 Å². The average molecular weight is 684 g/mol. The van der Waals surface area contributed by atoms with Gasteiger partial charge in [-0.05, 0) is 68.7 Å². The van der Waals surface area contributed by atoms with Gasteiger partial charge in [0.1, 0.15) is 22.8 Å². The summed E-state index contributed by atoms with van der Waals surface area (Å²) in [6, 6.07) is 12.5. The van der Waals surface area contributed by atoms with E-state index in [0.717, 1.165) is 37.1 Å². The Bertz CT molecular complexity index is 1810. The van der Waals surface area contributed by atoms with Gasteiger partial charge in [0.25, 0.3) is 0 Å². The van der Waals surface area contributed by atoms with Crippen LogP contribution in [0.1, 0.15) is 73.2 Å². The number of esters is 2. The Balaban J connectivity index is 1.02. The van der Waals surface area contributed by atoms with Crippen LogP contribution in [0.5, 0.6) is 0 Å². The zero-order chi connectivity index (χ0) is 35.6. The van der Waals surface area contributed by atoms with Crippen molar-refractivity contribution in [1.82, 2.24) is 14.9 Å². The summed E-state index contributed by atoms with van der Waals surface area (Å²) in [6.45, 7) is 11.3. The molecule has 6 atom stereocenters. The third-order valence-electron chi connectivity index (χ3n) is 12.1. The standard InChI is InChI=1S/C37H46BN5O7/c1-21-30-19-43(20-37(21,30)24-9-7-22(8-10-24)23-13-28(33(44)46-5)31(39)41-17-23)26-11-12-48-27(15-26)16-36(4)35(2,3)49-38(50-36)25-14-29(34(45)47-6)32(40)42-18-25/h7-10,13-14,17-18,21,26-27,30H,11-12,15-16,19-20H2,1-6H3,(H2,39,41)(H2,40,42)/t21-,26?,27?,30+,36?,37-/m1/s1. The summed E-state index contributed by atoms with van der Waals surface area (Å²) < 4.78 is 29.2. The molecule has 5 heterocycles. The molecule has 0 bridgehead atoms. The number of aromatic nitrogens is 2. The summed E-state index contributed by atoms with van der Waals surface area (Å²) in [5.41, 5.74) is 14.9. The largest absolute Gasteiger partial charge is 0.496 e. The number of nitrogen functional groups attached to an aromatic ring is 2. The van der Waals surface area contributed by atoms with E-state index in [2.05, 4.69) is 53.0 Å². The highest BCUT2D eigenvalue weighted by atomic mass is 16.7. The fraction of sp³-hybridized carbons (Fsp3) is 0.514. The number of piperidine rings is 1. The Morgan fingerprint density at radius 2 is 1.62 bits per heavy atom. The zero-order valence-corrected chi connectivity index (χ0v) is 29.6. The molecule has 50 heavy (non-hydrogen) atoms. The van der Waals surface area contributed by atoms with Crippen molar-refractivity contribution < 1.29 is 33.1 Å². The molecule has 0 amide bonds. The molecule has 13 heteroatoms. The highest BCUT2D eigenvalue weighted by Gasteiger charge is 2.67. The number of pyridine rings is 2. The molecule has 0 spiro atoms. The summed E-state index contributed by atoms with van der Waals surface area (Å²) >= 11 is 0. The molecule has 3 saturated heterocycles. The number of nitrogens with zero attached hydrogens (tertiary/aromatic N) is 3. The molecule has 0 radical (unpaired) electrons. The van der Waals surface area contributed by atoms with Gasteiger partial charge < -0.3 is 35.0 Å². The van der Waals surface area contributed by atoms with E-state index < -0.39 is 30.3 Å². The summed E-state index contributed by atoms with van der Waals surface area (Å²) in [6.07, 6.45) is 5.85. The van der Waals surface area contributed by atoms with E-state index in [1.807, 2.05) is 13.8 Å². The van der Waals surface area contributed by atoms with E-state index >= 15 is 0 Å². The van der Waals surface area contributed by atoms with Crippen LogP contribution in [0.25, 0.3) is 11.1 Å². The van der Waals surface area contributed by atoms with Gasteiger partial charge >= 0.3 is 19.1 Å². The molecule has 4 fully saturated rings. The summed E-state index contributed by atoms with van der Waals surface area (Å²) in [5.74, 6) is 0.405. The Kier molecular flexibility index (Phi) is 8.69. The molecule has 1 aromatic carbocycles. The van der Waals surface area contributed by atoms with E-state index in [0.29, 0.717) is 36.4 Å². The van der Waals surface area contributed by atoms with Gasteiger partial charge in [-0.1, -0.05) is 31.2 Å². The lowest BCUT2D eigenvalue weighted by Crippen LogP contribution is -2.50. The highest BCUT2D eigenvalue weighted by Crippen LogP contribution is 2.64. The molecule has 1 saturated carbocycles. The van der Waals surface area contributed by atoms with E-state index in [4.69, 9.17) is 35.0 Å². The van der Waals surface area contributed by atoms with Crippen molar-refractivity contribution in [3.8, 4) is 11.1 Å². The molecular formula is C37H46BN5O7. The Morgan fingerprint density at radius 3 is 2.30 bits per heavy atom. The van der Waals surface area contributed by atoms with Crippen molar-refractivity contribution >= 4 is 36.2 Å². The lowest BCUT2D eigenvalue weighted by Gasteiger charge is -2.42. The van der Waals surface area contributed by atoms with Gasteiger partial charge in [0.15, 0.2) is 0 Å². The van der Waals surface area contributed by atoms with Gasteiger partial charge in [-0.15, -0.1) is 0 Å². The van der Waals surface area contributed by atoms with Crippen LogP contribution in [0, 0.1) is 11.8 Å². The predicted octanol–water partition coefficient (Wildman–Crippen LogP) is 3.62. The normalized spacial score (nSPS) is 30.2. The van der Waals surface area contributed by atoms with Crippen LogP contribution in [-0.4, -0.2) is 91.2 Å². The van der Waals surface area contributed by atoms with Crippen molar-refractivity contribution in [2.75, 3.05) is 45.4 Å². The third kappa shape index (κ3) is 5.73. The van der Waals surface area contributed by atoms with Crippen LogP contribution in [-0.2, 0) is 28.9 Å². The first kappa shape index (κ1) is 34.4. The molecule has 3 unspecified atom stereocenters. The second-order valence-corrected chi connectivity index (χ2v) is 15.0. The SMILES string of the molecule is COC(=O)c1cc(B2OC(C)(C)C(C)(CC3CC(N4C[C@H]5[C@@H](C)[C@@]5(c5ccc(-c6cnc(N)c(C(=O)OC)c6)cc5)C4)CCO3)O2)cnc1N. The molecule has 264 valence electrons. The molecule has 4 aliphatic rings. The number of rotatable bonds is 8. The summed E-state index contributed by atoms with van der Waals surface area (Å²) in [7, 11) is 1.93. The van der Waals surface area contributed by atoms with Crippen LogP contribution < -0.4 is 16.9 Å². The highest BCUT2D eigenvalue weighted by molar-refractivity contribution is 6.62. The smallest absolute Gasteiger partial charge is 0.465 e. The number of hydrogen-bond donors (Lipinski definition) is 2. The maximum absolute atomic E-state index is 12.3. The number of methoxy groups -OCH3 is 2. The lowest BCUT2D eigenvalue weighted by molar-refractivity contribution is -0.0884. The fourth-order valence-corrected chi connectivity index (χ4v) is 8.57. The third-order valence-corrected chi connectivity index (χ3v) is 12.1. The first-order valence-electron chi connectivity index (χ1n) is 17.3. The molecule has 1 aliphatic carbocycles. The maximum atomic E-state index is 12.3. The summed E-state index contributed by atoms with van der Waals surface area (Å²) in [4.78, 5) is 35.5. The lowest BCUT2D eigenvalue weighted by atomic mass is 9.79. The van der Waals surface area contributed by atoms with Crippen molar-refractivity contribution in [3.05, 3.63) is 65.5 Å². The predicted molar refractivity (Wildman–Crippen MR) is 189 cm³/mol. The fourth-order valence-electron chi connectivity index (χ4n) is 8.57. The molecular weight excluding hydrogens is 637 g/mol. The second-order valence-electron chi connectivity index (χ2n) is 15.0. The van der Waals surface area contributed by atoms with E-state index in [1.54, 1.807) is 24.5 Å². The van der Waals surface area contributed by atoms with Crippen LogP contribution in [0.3, 0.4) is 0 Å². The first-order chi connectivity index (χ1) is 23.8. The van der Waals surface area contributed by atoms with Crippen LogP contribution in [0.15, 0.2) is 48.8 Å². The molecule has 2 aromatic heterocycles. The number of ether oxygens (including phenoxy) is 3. The number of anilines is 2. The maximum Gasteiger partial charge on any atom is 0.496 e. The second kappa shape index (κ2) is 12.6. The van der Waals surface area contributed by atoms with Crippen LogP contribution in [0.4, 0.5) is 11.6 Å². The topological polar surface area (TPSA) is 161 Å². The Morgan fingerprint density at radius 1 is 0.960 bits per heavy atom. The minimum atomic E-state index is -0.712. The van der Waals surface area contributed by atoms with E-state index in [-0.39, 0.29) is 34.3 Å². The minimum absolute atomic E-state index is 0.00327. The minimum Gasteiger partial charge on any atom is -0.465 e. The Hall–Kier alpha value is -4.04. The monoisotopic (exact) mass is 683 g/mol. The number of carbonyl (C=O) groups excluding carboxylic acids is 2. The van der Waals surface area contributed by atoms with Crippen LogP contribution >= 0.6 is 0 Å². The molecule has 7 rings (SSSR count). The number of hydrogen-bond acceptors (Lipinski definition) is 12. The van der Waals surface area contributed by atoms with Gasteiger partial charge in [0.05, 0.1) is 31.5 Å². The van der Waals surface area contributed by atoms with Crippen molar-refractivity contribution in [1.29, 1.82) is 0 Å². The molecule has 3 aromatic rings. The van der Waals surface area contributed by atoms with Gasteiger partial charge in [-0.2, -0.15) is 0 Å². The van der Waals surface area contributed by atoms with Gasteiger partial charge in [0.2, 0.25) is 0 Å². The van der Waals surface area contributed by atoms with Crippen molar-refractivity contribution in [2.45, 2.75) is 75.7 Å². The quantitative estimate of drug-likeness (QED) is 0.263.